The minimum Gasteiger partial charge on any atom is -0.497 e. The van der Waals surface area contributed by atoms with E-state index in [9.17, 15) is 4.79 Å². The number of methoxy groups -OCH3 is 1. The molecule has 0 aliphatic heterocycles. The Morgan fingerprint density at radius 1 is 1.20 bits per heavy atom. The molecule has 3 aromatic rings. The van der Waals surface area contributed by atoms with Crippen LogP contribution in [0.5, 0.6) is 5.75 Å². The molecule has 1 heterocycles. The van der Waals surface area contributed by atoms with Gasteiger partial charge in [-0.1, -0.05) is 12.1 Å². The van der Waals surface area contributed by atoms with Crippen LogP contribution in [0, 0.1) is 0 Å². The van der Waals surface area contributed by atoms with Crippen molar-refractivity contribution in [3.05, 3.63) is 60.3 Å². The second-order valence-corrected chi connectivity index (χ2v) is 5.23. The topological polar surface area (TPSA) is 110 Å². The van der Waals surface area contributed by atoms with Crippen molar-refractivity contribution in [2.24, 2.45) is 0 Å². The van der Waals surface area contributed by atoms with E-state index in [4.69, 9.17) is 15.6 Å². The molecule has 0 spiro atoms. The van der Waals surface area contributed by atoms with E-state index in [0.29, 0.717) is 17.1 Å². The van der Waals surface area contributed by atoms with Crippen LogP contribution in [0.2, 0.25) is 0 Å². The van der Waals surface area contributed by atoms with Gasteiger partial charge in [-0.15, -0.1) is 0 Å². The Kier molecular flexibility index (Phi) is 4.47. The first kappa shape index (κ1) is 16.3. The van der Waals surface area contributed by atoms with Gasteiger partial charge in [0, 0.05) is 11.3 Å². The lowest BCUT2D eigenvalue weighted by molar-refractivity contribution is 0.0697. The van der Waals surface area contributed by atoms with Gasteiger partial charge >= 0.3 is 5.97 Å². The van der Waals surface area contributed by atoms with Gasteiger partial charge in [-0.05, 0) is 36.4 Å². The summed E-state index contributed by atoms with van der Waals surface area (Å²) in [5.74, 6) is 0.378. The third-order valence-corrected chi connectivity index (χ3v) is 3.56. The lowest BCUT2D eigenvalue weighted by Crippen LogP contribution is -2.03. The molecule has 3 rings (SSSR count). The van der Waals surface area contributed by atoms with Crippen LogP contribution in [-0.4, -0.2) is 28.2 Å². The van der Waals surface area contributed by atoms with Crippen molar-refractivity contribution in [2.45, 2.75) is 0 Å². The summed E-state index contributed by atoms with van der Waals surface area (Å²) in [4.78, 5) is 19.7. The smallest absolute Gasteiger partial charge is 0.335 e. The highest BCUT2D eigenvalue weighted by molar-refractivity contribution is 5.89. The first-order valence-corrected chi connectivity index (χ1v) is 7.44. The molecule has 126 valence electrons. The summed E-state index contributed by atoms with van der Waals surface area (Å²) in [6, 6.07) is 13.8. The minimum absolute atomic E-state index is 0.181. The molecule has 0 aliphatic carbocycles. The molecule has 0 radical (unpaired) electrons. The zero-order valence-corrected chi connectivity index (χ0v) is 13.4. The predicted molar refractivity (Wildman–Crippen MR) is 95.1 cm³/mol. The van der Waals surface area contributed by atoms with Gasteiger partial charge in [0.1, 0.15) is 5.75 Å². The number of rotatable bonds is 5. The molecule has 7 heteroatoms. The van der Waals surface area contributed by atoms with Gasteiger partial charge in [-0.3, -0.25) is 0 Å². The van der Waals surface area contributed by atoms with Crippen LogP contribution in [-0.2, 0) is 0 Å². The summed E-state index contributed by atoms with van der Waals surface area (Å²) in [6.45, 7) is 0. The van der Waals surface area contributed by atoms with E-state index in [1.54, 1.807) is 25.3 Å². The second-order valence-electron chi connectivity index (χ2n) is 5.23. The SMILES string of the molecule is COc1ccc(Nc2nc(-c3cccc(C(=O)O)c3)cnc2N)cc1. The van der Waals surface area contributed by atoms with E-state index in [-0.39, 0.29) is 11.4 Å². The lowest BCUT2D eigenvalue weighted by atomic mass is 10.1. The summed E-state index contributed by atoms with van der Waals surface area (Å²) in [5, 5.41) is 12.2. The molecule has 0 aliphatic rings. The lowest BCUT2D eigenvalue weighted by Gasteiger charge is -2.10. The number of carboxylic acids is 1. The summed E-state index contributed by atoms with van der Waals surface area (Å²) >= 11 is 0. The first-order valence-electron chi connectivity index (χ1n) is 7.44. The van der Waals surface area contributed by atoms with Gasteiger partial charge in [0.2, 0.25) is 0 Å². The molecule has 0 amide bonds. The zero-order chi connectivity index (χ0) is 17.8. The normalized spacial score (nSPS) is 10.3. The van der Waals surface area contributed by atoms with Crippen molar-refractivity contribution < 1.29 is 14.6 Å². The van der Waals surface area contributed by atoms with Gasteiger partial charge in [-0.25, -0.2) is 14.8 Å². The number of nitrogens with zero attached hydrogens (tertiary/aromatic N) is 2. The van der Waals surface area contributed by atoms with E-state index in [1.807, 2.05) is 24.3 Å². The highest BCUT2D eigenvalue weighted by Crippen LogP contribution is 2.25. The molecular weight excluding hydrogens is 320 g/mol. The maximum absolute atomic E-state index is 11.1. The molecule has 0 fully saturated rings. The molecule has 7 nitrogen and oxygen atoms in total. The molecule has 25 heavy (non-hydrogen) atoms. The van der Waals surface area contributed by atoms with Crippen molar-refractivity contribution in [3.8, 4) is 17.0 Å². The van der Waals surface area contributed by atoms with Crippen LogP contribution >= 0.6 is 0 Å². The van der Waals surface area contributed by atoms with E-state index < -0.39 is 5.97 Å². The fraction of sp³-hybridized carbons (Fsp3) is 0.0556. The van der Waals surface area contributed by atoms with Crippen molar-refractivity contribution in [1.29, 1.82) is 0 Å². The highest BCUT2D eigenvalue weighted by Gasteiger charge is 2.10. The van der Waals surface area contributed by atoms with Gasteiger partial charge in [0.05, 0.1) is 24.6 Å². The Bertz CT molecular complexity index is 910. The number of carbonyl (C=O) groups is 1. The molecule has 0 bridgehead atoms. The van der Waals surface area contributed by atoms with Crippen LogP contribution < -0.4 is 15.8 Å². The molecule has 2 aromatic carbocycles. The van der Waals surface area contributed by atoms with Crippen molar-refractivity contribution in [2.75, 3.05) is 18.2 Å². The predicted octanol–water partition coefficient (Wildman–Crippen LogP) is 3.18. The first-order chi connectivity index (χ1) is 12.1. The number of aromatic carboxylic acids is 1. The van der Waals surface area contributed by atoms with E-state index in [0.717, 1.165) is 11.4 Å². The standard InChI is InChI=1S/C18H16N4O3/c1-25-14-7-5-13(6-8-14)21-17-16(19)20-10-15(22-17)11-3-2-4-12(9-11)18(23)24/h2-10H,1H3,(H2,19,20)(H,21,22)(H,23,24). The quantitative estimate of drug-likeness (QED) is 0.656. The monoisotopic (exact) mass is 336 g/mol. The van der Waals surface area contributed by atoms with Crippen LogP contribution in [0.4, 0.5) is 17.3 Å². The molecule has 4 N–H and O–H groups in total. The number of nitrogens with one attached hydrogen (secondary N) is 1. The Morgan fingerprint density at radius 3 is 2.64 bits per heavy atom. The van der Waals surface area contributed by atoms with E-state index >= 15 is 0 Å². The molecular formula is C18H16N4O3. The van der Waals surface area contributed by atoms with Crippen LogP contribution in [0.1, 0.15) is 10.4 Å². The number of ether oxygens (including phenoxy) is 1. The summed E-state index contributed by atoms with van der Waals surface area (Å²) in [6.07, 6.45) is 1.51. The van der Waals surface area contributed by atoms with Crippen LogP contribution in [0.3, 0.4) is 0 Å². The number of benzene rings is 2. The van der Waals surface area contributed by atoms with Crippen LogP contribution in [0.15, 0.2) is 54.7 Å². The Hall–Kier alpha value is -3.61. The average Bonchev–Trinajstić information content (AvgIpc) is 2.64. The zero-order valence-electron chi connectivity index (χ0n) is 13.4. The van der Waals surface area contributed by atoms with Crippen molar-refractivity contribution in [3.63, 3.8) is 0 Å². The third-order valence-electron chi connectivity index (χ3n) is 3.56. The van der Waals surface area contributed by atoms with Crippen molar-refractivity contribution >= 4 is 23.3 Å². The van der Waals surface area contributed by atoms with Crippen molar-refractivity contribution in [1.82, 2.24) is 9.97 Å². The molecule has 0 unspecified atom stereocenters. The van der Waals surface area contributed by atoms with Gasteiger partial charge in [0.25, 0.3) is 0 Å². The number of aromatic nitrogens is 2. The van der Waals surface area contributed by atoms with Gasteiger partial charge in [-0.2, -0.15) is 0 Å². The molecule has 0 atom stereocenters. The van der Waals surface area contributed by atoms with Gasteiger partial charge in [0.15, 0.2) is 11.6 Å². The summed E-state index contributed by atoms with van der Waals surface area (Å²) < 4.78 is 5.12. The minimum atomic E-state index is -0.998. The fourth-order valence-electron chi connectivity index (χ4n) is 2.25. The third kappa shape index (κ3) is 3.66. The average molecular weight is 336 g/mol. The number of nitrogen functional groups attached to an aromatic ring is 1. The maximum atomic E-state index is 11.1. The Morgan fingerprint density at radius 2 is 1.96 bits per heavy atom. The molecule has 0 saturated heterocycles. The number of anilines is 3. The Labute approximate surface area is 144 Å². The Balaban J connectivity index is 1.92. The van der Waals surface area contributed by atoms with E-state index in [2.05, 4.69) is 15.3 Å². The summed E-state index contributed by atoms with van der Waals surface area (Å²) in [5.41, 5.74) is 8.02. The van der Waals surface area contributed by atoms with E-state index in [1.165, 1.54) is 12.3 Å². The fourth-order valence-corrected chi connectivity index (χ4v) is 2.25. The highest BCUT2D eigenvalue weighted by atomic mass is 16.5. The number of hydrogen-bond donors (Lipinski definition) is 3. The number of carboxylic acid groups (broad SMARTS) is 1. The molecule has 1 aromatic heterocycles. The number of hydrogen-bond acceptors (Lipinski definition) is 6. The second kappa shape index (κ2) is 6.88. The van der Waals surface area contributed by atoms with Gasteiger partial charge < -0.3 is 20.9 Å². The summed E-state index contributed by atoms with van der Waals surface area (Å²) in [7, 11) is 1.60. The largest absolute Gasteiger partial charge is 0.497 e. The molecule has 0 saturated carbocycles. The van der Waals surface area contributed by atoms with Crippen LogP contribution in [0.25, 0.3) is 11.3 Å². The maximum Gasteiger partial charge on any atom is 0.335 e. The number of nitrogens with two attached hydrogens (primary N) is 1.